The lowest BCUT2D eigenvalue weighted by Gasteiger charge is -2.06. The topological polar surface area (TPSA) is 60.2 Å². The van der Waals surface area contributed by atoms with Crippen molar-refractivity contribution >= 4 is 5.82 Å². The molecule has 4 heteroatoms. The number of benzene rings is 1. The number of hydrogen-bond donors (Lipinski definition) is 2. The first kappa shape index (κ1) is 11.4. The summed E-state index contributed by atoms with van der Waals surface area (Å²) in [6, 6.07) is 13.3. The lowest BCUT2D eigenvalue weighted by atomic mass is 10.2. The van der Waals surface area contributed by atoms with Crippen LogP contribution in [0.5, 0.6) is 11.6 Å². The Bertz CT molecular complexity index is 482. The summed E-state index contributed by atoms with van der Waals surface area (Å²) in [6.07, 6.45) is 1.02. The number of ether oxygens (including phenoxy) is 1. The maximum atomic E-state index is 5.61. The minimum Gasteiger partial charge on any atom is -0.439 e. The van der Waals surface area contributed by atoms with Crippen LogP contribution in [0.25, 0.3) is 0 Å². The second kappa shape index (κ2) is 5.32. The molecule has 2 aromatic rings. The Morgan fingerprint density at radius 3 is 2.59 bits per heavy atom. The van der Waals surface area contributed by atoms with Crippen molar-refractivity contribution in [2.24, 2.45) is 5.84 Å². The molecular weight excluding hydrogens is 214 g/mol. The molecule has 0 aliphatic heterocycles. The van der Waals surface area contributed by atoms with Gasteiger partial charge >= 0.3 is 0 Å². The molecule has 4 nitrogen and oxygen atoms in total. The Labute approximate surface area is 100 Å². The number of nitrogens with zero attached hydrogens (tertiary/aromatic N) is 1. The van der Waals surface area contributed by atoms with Crippen LogP contribution in [0.1, 0.15) is 12.5 Å². The molecule has 0 saturated carbocycles. The van der Waals surface area contributed by atoms with Gasteiger partial charge in [-0.1, -0.05) is 25.1 Å². The average molecular weight is 229 g/mol. The van der Waals surface area contributed by atoms with E-state index in [1.165, 1.54) is 5.56 Å². The smallest absolute Gasteiger partial charge is 0.221 e. The van der Waals surface area contributed by atoms with E-state index >= 15 is 0 Å². The Balaban J connectivity index is 2.13. The average Bonchev–Trinajstić information content (AvgIpc) is 2.40. The van der Waals surface area contributed by atoms with Crippen LogP contribution in [0.4, 0.5) is 5.82 Å². The van der Waals surface area contributed by atoms with Gasteiger partial charge in [-0.15, -0.1) is 0 Å². The summed E-state index contributed by atoms with van der Waals surface area (Å²) >= 11 is 0. The highest BCUT2D eigenvalue weighted by Crippen LogP contribution is 2.20. The SMILES string of the molecule is CCc1ccc(Oc2cccc(NN)n2)cc1. The zero-order chi connectivity index (χ0) is 12.1. The molecule has 3 N–H and O–H groups in total. The number of pyridine rings is 1. The van der Waals surface area contributed by atoms with Gasteiger partial charge in [0.2, 0.25) is 5.88 Å². The molecule has 0 unspecified atom stereocenters. The van der Waals surface area contributed by atoms with Crippen LogP contribution in [0, 0.1) is 0 Å². The van der Waals surface area contributed by atoms with Crippen LogP contribution in [0.3, 0.4) is 0 Å². The number of nitrogens with two attached hydrogens (primary N) is 1. The third kappa shape index (κ3) is 2.95. The molecule has 1 aromatic heterocycles. The van der Waals surface area contributed by atoms with Crippen molar-refractivity contribution in [1.29, 1.82) is 0 Å². The first-order chi connectivity index (χ1) is 8.31. The van der Waals surface area contributed by atoms with Crippen molar-refractivity contribution in [3.8, 4) is 11.6 Å². The highest BCUT2D eigenvalue weighted by Gasteiger charge is 1.99. The molecule has 17 heavy (non-hydrogen) atoms. The van der Waals surface area contributed by atoms with Gasteiger partial charge in [0.15, 0.2) is 0 Å². The Morgan fingerprint density at radius 1 is 1.18 bits per heavy atom. The molecule has 0 aliphatic carbocycles. The molecule has 0 atom stereocenters. The second-order valence-corrected chi connectivity index (χ2v) is 3.60. The minimum absolute atomic E-state index is 0.518. The Hall–Kier alpha value is -2.07. The van der Waals surface area contributed by atoms with E-state index in [-0.39, 0.29) is 0 Å². The predicted molar refractivity (Wildman–Crippen MR) is 67.9 cm³/mol. The van der Waals surface area contributed by atoms with Crippen LogP contribution < -0.4 is 16.0 Å². The fourth-order valence-electron chi connectivity index (χ4n) is 1.47. The fraction of sp³-hybridized carbons (Fsp3) is 0.154. The van der Waals surface area contributed by atoms with E-state index in [4.69, 9.17) is 10.6 Å². The number of hydrazine groups is 1. The molecule has 2 rings (SSSR count). The summed E-state index contributed by atoms with van der Waals surface area (Å²) < 4.78 is 5.61. The number of nitrogen functional groups attached to an aromatic ring is 1. The molecule has 0 saturated heterocycles. The lowest BCUT2D eigenvalue weighted by Crippen LogP contribution is -2.08. The highest BCUT2D eigenvalue weighted by atomic mass is 16.5. The predicted octanol–water partition coefficient (Wildman–Crippen LogP) is 2.72. The summed E-state index contributed by atoms with van der Waals surface area (Å²) in [6.45, 7) is 2.12. The third-order valence-corrected chi connectivity index (χ3v) is 2.43. The minimum atomic E-state index is 0.518. The van der Waals surface area contributed by atoms with Gasteiger partial charge in [-0.2, -0.15) is 4.98 Å². The molecule has 0 fully saturated rings. The molecule has 0 spiro atoms. The van der Waals surface area contributed by atoms with Crippen LogP contribution in [0.15, 0.2) is 42.5 Å². The van der Waals surface area contributed by atoms with Gasteiger partial charge in [-0.05, 0) is 30.2 Å². The summed E-state index contributed by atoms with van der Waals surface area (Å²) in [5.74, 6) is 7.14. The van der Waals surface area contributed by atoms with Gasteiger partial charge in [0, 0.05) is 6.07 Å². The molecular formula is C13H15N3O. The monoisotopic (exact) mass is 229 g/mol. The van der Waals surface area contributed by atoms with E-state index in [1.807, 2.05) is 30.3 Å². The molecule has 1 heterocycles. The first-order valence-corrected chi connectivity index (χ1v) is 5.52. The van der Waals surface area contributed by atoms with E-state index in [1.54, 1.807) is 12.1 Å². The zero-order valence-corrected chi connectivity index (χ0v) is 9.68. The molecule has 0 bridgehead atoms. The van der Waals surface area contributed by atoms with Crippen molar-refractivity contribution in [2.75, 3.05) is 5.43 Å². The molecule has 88 valence electrons. The maximum absolute atomic E-state index is 5.61. The van der Waals surface area contributed by atoms with Gasteiger partial charge in [0.25, 0.3) is 0 Å². The number of anilines is 1. The second-order valence-electron chi connectivity index (χ2n) is 3.60. The van der Waals surface area contributed by atoms with Crippen molar-refractivity contribution in [3.05, 3.63) is 48.0 Å². The van der Waals surface area contributed by atoms with Gasteiger partial charge in [0.05, 0.1) is 0 Å². The Morgan fingerprint density at radius 2 is 1.94 bits per heavy atom. The van der Waals surface area contributed by atoms with Crippen LogP contribution in [-0.4, -0.2) is 4.98 Å². The van der Waals surface area contributed by atoms with Crippen LogP contribution in [0.2, 0.25) is 0 Å². The largest absolute Gasteiger partial charge is 0.439 e. The summed E-state index contributed by atoms with van der Waals surface area (Å²) in [7, 11) is 0. The van der Waals surface area contributed by atoms with Crippen molar-refractivity contribution in [2.45, 2.75) is 13.3 Å². The number of nitrogens with one attached hydrogen (secondary N) is 1. The molecule has 0 aliphatic rings. The maximum Gasteiger partial charge on any atom is 0.221 e. The van der Waals surface area contributed by atoms with Gasteiger partial charge in [-0.3, -0.25) is 0 Å². The van der Waals surface area contributed by atoms with Gasteiger partial charge in [0.1, 0.15) is 11.6 Å². The lowest BCUT2D eigenvalue weighted by molar-refractivity contribution is 0.463. The van der Waals surface area contributed by atoms with E-state index in [9.17, 15) is 0 Å². The van der Waals surface area contributed by atoms with E-state index < -0.39 is 0 Å². The summed E-state index contributed by atoms with van der Waals surface area (Å²) in [5.41, 5.74) is 3.76. The molecule has 0 radical (unpaired) electrons. The normalized spacial score (nSPS) is 10.0. The number of hydrogen-bond acceptors (Lipinski definition) is 4. The highest BCUT2D eigenvalue weighted by molar-refractivity contribution is 5.37. The molecule has 0 amide bonds. The number of aryl methyl sites for hydroxylation is 1. The summed E-state index contributed by atoms with van der Waals surface area (Å²) in [4.78, 5) is 4.17. The van der Waals surface area contributed by atoms with Crippen LogP contribution >= 0.6 is 0 Å². The van der Waals surface area contributed by atoms with E-state index in [2.05, 4.69) is 17.3 Å². The van der Waals surface area contributed by atoms with E-state index in [0.29, 0.717) is 11.7 Å². The summed E-state index contributed by atoms with van der Waals surface area (Å²) in [5, 5.41) is 0. The zero-order valence-electron chi connectivity index (χ0n) is 9.68. The standard InChI is InChI=1S/C13H15N3O/c1-2-10-6-8-11(9-7-10)17-13-5-3-4-12(15-13)16-14/h3-9H,2,14H2,1H3,(H,15,16). The first-order valence-electron chi connectivity index (χ1n) is 5.52. The van der Waals surface area contributed by atoms with Gasteiger partial charge in [-0.25, -0.2) is 5.84 Å². The molecule has 1 aromatic carbocycles. The third-order valence-electron chi connectivity index (χ3n) is 2.43. The van der Waals surface area contributed by atoms with Crippen molar-refractivity contribution in [3.63, 3.8) is 0 Å². The van der Waals surface area contributed by atoms with Crippen molar-refractivity contribution < 1.29 is 4.74 Å². The number of rotatable bonds is 4. The van der Waals surface area contributed by atoms with Crippen molar-refractivity contribution in [1.82, 2.24) is 4.98 Å². The Kier molecular flexibility index (Phi) is 3.57. The number of aromatic nitrogens is 1. The van der Waals surface area contributed by atoms with Crippen LogP contribution in [-0.2, 0) is 6.42 Å². The fourth-order valence-corrected chi connectivity index (χ4v) is 1.47. The van der Waals surface area contributed by atoms with Gasteiger partial charge < -0.3 is 10.2 Å². The van der Waals surface area contributed by atoms with E-state index in [0.717, 1.165) is 12.2 Å². The quantitative estimate of drug-likeness (QED) is 0.625.